The summed E-state index contributed by atoms with van der Waals surface area (Å²) in [5.41, 5.74) is 1.41. The van der Waals surface area contributed by atoms with Crippen molar-refractivity contribution in [1.82, 2.24) is 0 Å². The second-order valence-electron chi connectivity index (χ2n) is 2.63. The second-order valence-corrected chi connectivity index (χ2v) is 4.61. The molecule has 0 amide bonds. The highest BCUT2D eigenvalue weighted by atomic mass is 79.9. The summed E-state index contributed by atoms with van der Waals surface area (Å²) in [6.07, 6.45) is 0. The first kappa shape index (κ1) is 7.39. The quantitative estimate of drug-likeness (QED) is 0.639. The van der Waals surface area contributed by atoms with Crippen LogP contribution in [0.15, 0.2) is 28.5 Å². The normalized spacial score (nSPS) is 11.5. The number of halogens is 1. The van der Waals surface area contributed by atoms with Crippen LogP contribution in [0.25, 0.3) is 10.5 Å². The van der Waals surface area contributed by atoms with Crippen molar-refractivity contribution in [1.29, 1.82) is 0 Å². The van der Waals surface area contributed by atoms with Crippen molar-refractivity contribution in [3.63, 3.8) is 0 Å². The first-order valence-electron chi connectivity index (χ1n) is 3.51. The second kappa shape index (κ2) is 2.66. The molecule has 2 aromatic rings. The van der Waals surface area contributed by atoms with E-state index in [2.05, 4.69) is 46.9 Å². The number of hydrogen-bond acceptors (Lipinski definition) is 0. The van der Waals surface area contributed by atoms with Gasteiger partial charge < -0.3 is 0 Å². The third-order valence-electron chi connectivity index (χ3n) is 1.88. The molecule has 11 heavy (non-hydrogen) atoms. The minimum absolute atomic E-state index is 0.864. The molecular weight excluding hydrogens is 219 g/mol. The molecule has 0 saturated carbocycles. The molecule has 1 heterocycles. The van der Waals surface area contributed by atoms with Gasteiger partial charge >= 0.3 is 0 Å². The van der Waals surface area contributed by atoms with Crippen molar-refractivity contribution < 1.29 is 0 Å². The average molecular weight is 227 g/mol. The van der Waals surface area contributed by atoms with Gasteiger partial charge in [0.15, 0.2) is 0 Å². The lowest BCUT2D eigenvalue weighted by atomic mass is 10.2. The van der Waals surface area contributed by atoms with E-state index in [1.807, 2.05) is 0 Å². The zero-order valence-electron chi connectivity index (χ0n) is 6.19. The molecule has 2 rings (SSSR count). The summed E-state index contributed by atoms with van der Waals surface area (Å²) in [6.45, 7) is 2.17. The molecule has 0 aliphatic carbocycles. The Morgan fingerprint density at radius 3 is 2.82 bits per heavy atom. The molecule has 1 aromatic heterocycles. The molecule has 0 aliphatic heterocycles. The predicted octanol–water partition coefficient (Wildman–Crippen LogP) is 3.94. The average Bonchev–Trinajstić information content (AvgIpc) is 2.45. The van der Waals surface area contributed by atoms with E-state index < -0.39 is 0 Å². The van der Waals surface area contributed by atoms with Gasteiger partial charge in [0.05, 0.1) is 0 Å². The Morgan fingerprint density at radius 2 is 2.09 bits per heavy atom. The molecule has 0 spiro atoms. The van der Waals surface area contributed by atoms with Gasteiger partial charge in [0.2, 0.25) is 0 Å². The molecule has 0 bridgehead atoms. The van der Waals surface area contributed by atoms with Crippen LogP contribution in [0.4, 0.5) is 0 Å². The number of aryl methyl sites for hydroxylation is 1. The molecule has 56 valence electrons. The third kappa shape index (κ3) is 1.13. The van der Waals surface area contributed by atoms with Gasteiger partial charge in [-0.05, 0) is 30.4 Å². The first-order chi connectivity index (χ1) is 5.29. The molecule has 1 aromatic carbocycles. The maximum absolute atomic E-state index is 3.53. The zero-order valence-corrected chi connectivity index (χ0v) is 8.77. The van der Waals surface area contributed by atoms with E-state index in [1.165, 1.54) is 20.5 Å². The first-order valence-corrected chi connectivity index (χ1v) is 5.38. The van der Waals surface area contributed by atoms with Crippen LogP contribution in [0.3, 0.4) is 0 Å². The smallest absolute Gasteiger partial charge is 0.0257 e. The predicted molar refractivity (Wildman–Crippen MR) is 55.9 cm³/mol. The van der Waals surface area contributed by atoms with Gasteiger partial charge in [0, 0.05) is 15.0 Å². The van der Waals surface area contributed by atoms with Gasteiger partial charge in [0.1, 0.15) is 0 Å². The van der Waals surface area contributed by atoms with Crippen LogP contribution in [-0.4, -0.2) is 0 Å². The minimum atomic E-state index is 0.864. The summed E-state index contributed by atoms with van der Waals surface area (Å²) < 4.78 is 1.22. The van der Waals surface area contributed by atoms with Crippen molar-refractivity contribution in [2.45, 2.75) is 6.92 Å². The van der Waals surface area contributed by atoms with Gasteiger partial charge in [-0.3, -0.25) is 0 Å². The molecular formula is C9H8BrP. The molecule has 1 unspecified atom stereocenters. The van der Waals surface area contributed by atoms with E-state index in [0.29, 0.717) is 0 Å². The Labute approximate surface area is 75.8 Å². The fourth-order valence-electron chi connectivity index (χ4n) is 1.27. The molecule has 0 radical (unpaired) electrons. The molecule has 0 aliphatic rings. The molecule has 0 fully saturated rings. The number of rotatable bonds is 0. The summed E-state index contributed by atoms with van der Waals surface area (Å²) in [5, 5.41) is 2.88. The number of hydrogen-bond donors (Lipinski definition) is 0. The Bertz CT molecular complexity index is 353. The van der Waals surface area contributed by atoms with Crippen molar-refractivity contribution in [3.8, 4) is 0 Å². The largest absolute Gasteiger partial charge is 0.131 e. The van der Waals surface area contributed by atoms with Gasteiger partial charge in [-0.25, -0.2) is 0 Å². The fraction of sp³-hybridized carbons (Fsp3) is 0.111. The number of benzene rings is 1. The van der Waals surface area contributed by atoms with Crippen LogP contribution in [0.1, 0.15) is 5.56 Å². The van der Waals surface area contributed by atoms with Gasteiger partial charge in [-0.1, -0.05) is 22.0 Å². The fourth-order valence-corrected chi connectivity index (χ4v) is 3.01. The third-order valence-corrected chi connectivity index (χ3v) is 3.86. The van der Waals surface area contributed by atoms with Crippen LogP contribution in [-0.2, 0) is 0 Å². The lowest BCUT2D eigenvalue weighted by Gasteiger charge is -1.97. The molecule has 0 saturated heterocycles. The standard InChI is InChI=1S/C9H8BrP/c1-6-2-3-8(10)7-4-5-11-9(6)7/h2-5,11H,1H3. The zero-order chi connectivity index (χ0) is 7.84. The molecule has 1 atom stereocenters. The SMILES string of the molecule is Cc1ccc(Br)c2cc[pH]c12. The van der Waals surface area contributed by atoms with Gasteiger partial charge in [-0.15, -0.1) is 8.19 Å². The number of fused-ring (bicyclic) bond motifs is 1. The van der Waals surface area contributed by atoms with Crippen LogP contribution < -0.4 is 0 Å². The molecule has 0 N–H and O–H groups in total. The van der Waals surface area contributed by atoms with Crippen molar-refractivity contribution in [3.05, 3.63) is 34.0 Å². The minimum Gasteiger partial charge on any atom is -0.131 e. The van der Waals surface area contributed by atoms with E-state index >= 15 is 0 Å². The maximum atomic E-state index is 3.53. The van der Waals surface area contributed by atoms with Gasteiger partial charge in [-0.2, -0.15) is 0 Å². The van der Waals surface area contributed by atoms with Crippen LogP contribution in [0.5, 0.6) is 0 Å². The lowest BCUT2D eigenvalue weighted by Crippen LogP contribution is -1.71. The molecule has 2 heteroatoms. The highest BCUT2D eigenvalue weighted by molar-refractivity contribution is 9.10. The molecule has 0 nitrogen and oxygen atoms in total. The maximum Gasteiger partial charge on any atom is 0.0257 e. The van der Waals surface area contributed by atoms with E-state index in [9.17, 15) is 0 Å². The van der Waals surface area contributed by atoms with Crippen molar-refractivity contribution in [2.24, 2.45) is 0 Å². The van der Waals surface area contributed by atoms with Crippen molar-refractivity contribution in [2.75, 3.05) is 0 Å². The highest BCUT2D eigenvalue weighted by Gasteiger charge is 1.99. The summed E-state index contributed by atoms with van der Waals surface area (Å²) in [6, 6.07) is 6.49. The van der Waals surface area contributed by atoms with Crippen LogP contribution in [0.2, 0.25) is 0 Å². The van der Waals surface area contributed by atoms with Crippen LogP contribution >= 0.6 is 24.1 Å². The van der Waals surface area contributed by atoms with Crippen LogP contribution in [0, 0.1) is 6.92 Å². The van der Waals surface area contributed by atoms with E-state index in [0.717, 1.165) is 8.19 Å². The van der Waals surface area contributed by atoms with Gasteiger partial charge in [0.25, 0.3) is 0 Å². The van der Waals surface area contributed by atoms with Crippen molar-refractivity contribution >= 4 is 34.6 Å². The van der Waals surface area contributed by atoms with E-state index in [4.69, 9.17) is 0 Å². The highest BCUT2D eigenvalue weighted by Crippen LogP contribution is 2.33. The Kier molecular flexibility index (Phi) is 1.78. The summed E-state index contributed by atoms with van der Waals surface area (Å²) >= 11 is 3.53. The van der Waals surface area contributed by atoms with E-state index in [1.54, 1.807) is 0 Å². The Hall–Kier alpha value is -0.260. The Morgan fingerprint density at radius 1 is 1.27 bits per heavy atom. The van der Waals surface area contributed by atoms with E-state index in [-0.39, 0.29) is 0 Å². The lowest BCUT2D eigenvalue weighted by molar-refractivity contribution is 1.55. The Balaban J connectivity index is 2.96. The topological polar surface area (TPSA) is 0 Å². The monoisotopic (exact) mass is 226 g/mol. The summed E-state index contributed by atoms with van der Waals surface area (Å²) in [4.78, 5) is 0. The summed E-state index contributed by atoms with van der Waals surface area (Å²) in [7, 11) is 0.864. The summed E-state index contributed by atoms with van der Waals surface area (Å²) in [5.74, 6) is 2.24.